The lowest BCUT2D eigenvalue weighted by molar-refractivity contribution is 0.281. The first-order valence-corrected chi connectivity index (χ1v) is 5.34. The van der Waals surface area contributed by atoms with Crippen LogP contribution in [0.4, 0.5) is 5.69 Å². The Balaban J connectivity index is 2.40. The highest BCUT2D eigenvalue weighted by atomic mass is 16.5. The van der Waals surface area contributed by atoms with Gasteiger partial charge in [-0.1, -0.05) is 0 Å². The van der Waals surface area contributed by atoms with Crippen LogP contribution in [0, 0.1) is 0 Å². The van der Waals surface area contributed by atoms with Gasteiger partial charge in [0.15, 0.2) is 0 Å². The molecule has 1 aromatic carbocycles. The summed E-state index contributed by atoms with van der Waals surface area (Å²) in [5.41, 5.74) is 6.38. The minimum Gasteiger partial charge on any atom is -0.495 e. The Bertz CT molecular complexity index is 327. The number of hydrogen-bond acceptors (Lipinski definition) is 4. The van der Waals surface area contributed by atoms with Gasteiger partial charge in [-0.25, -0.2) is 0 Å². The van der Waals surface area contributed by atoms with E-state index >= 15 is 0 Å². The Morgan fingerprint density at radius 3 is 2.62 bits per heavy atom. The highest BCUT2D eigenvalue weighted by Crippen LogP contribution is 2.25. The summed E-state index contributed by atoms with van der Waals surface area (Å²) in [5, 5.41) is 0. The van der Waals surface area contributed by atoms with Crippen LogP contribution < -0.4 is 15.2 Å². The molecule has 16 heavy (non-hydrogen) atoms. The highest BCUT2D eigenvalue weighted by molar-refractivity contribution is 5.56. The van der Waals surface area contributed by atoms with Crippen molar-refractivity contribution in [2.24, 2.45) is 0 Å². The van der Waals surface area contributed by atoms with Crippen LogP contribution in [-0.4, -0.2) is 39.3 Å². The summed E-state index contributed by atoms with van der Waals surface area (Å²) in [4.78, 5) is 2.13. The first-order valence-electron chi connectivity index (χ1n) is 5.34. The van der Waals surface area contributed by atoms with Crippen LogP contribution in [0.25, 0.3) is 0 Å². The summed E-state index contributed by atoms with van der Waals surface area (Å²) in [7, 11) is 5.69. The van der Waals surface area contributed by atoms with Crippen LogP contribution in [0.3, 0.4) is 0 Å². The van der Waals surface area contributed by atoms with Gasteiger partial charge >= 0.3 is 0 Å². The largest absolute Gasteiger partial charge is 0.495 e. The van der Waals surface area contributed by atoms with Crippen molar-refractivity contribution in [2.75, 3.05) is 40.1 Å². The number of ether oxygens (including phenoxy) is 2. The van der Waals surface area contributed by atoms with Crippen LogP contribution >= 0.6 is 0 Å². The van der Waals surface area contributed by atoms with E-state index in [1.807, 2.05) is 26.2 Å². The van der Waals surface area contributed by atoms with E-state index in [4.69, 9.17) is 15.2 Å². The van der Waals surface area contributed by atoms with Gasteiger partial charge in [0.05, 0.1) is 19.4 Å². The fourth-order valence-electron chi connectivity index (χ4n) is 1.37. The molecule has 0 aromatic heterocycles. The van der Waals surface area contributed by atoms with Crippen molar-refractivity contribution in [3.63, 3.8) is 0 Å². The van der Waals surface area contributed by atoms with Gasteiger partial charge < -0.3 is 20.1 Å². The van der Waals surface area contributed by atoms with E-state index in [-0.39, 0.29) is 0 Å². The molecule has 1 aromatic rings. The number of nitrogen functional groups attached to an aromatic ring is 1. The number of benzene rings is 1. The van der Waals surface area contributed by atoms with E-state index < -0.39 is 0 Å². The van der Waals surface area contributed by atoms with Crippen LogP contribution in [-0.2, 0) is 0 Å². The molecule has 1 rings (SSSR count). The lowest BCUT2D eigenvalue weighted by atomic mass is 10.3. The Morgan fingerprint density at radius 2 is 2.06 bits per heavy atom. The number of methoxy groups -OCH3 is 1. The molecule has 0 spiro atoms. The SMILES string of the molecule is COc1ccc(OCCCN(C)C)cc1N. The van der Waals surface area contributed by atoms with Crippen molar-refractivity contribution in [1.82, 2.24) is 4.90 Å². The normalized spacial score (nSPS) is 10.5. The quantitative estimate of drug-likeness (QED) is 0.589. The molecule has 0 aliphatic rings. The molecule has 0 aliphatic carbocycles. The van der Waals surface area contributed by atoms with Crippen molar-refractivity contribution >= 4 is 5.69 Å². The Labute approximate surface area is 96.9 Å². The van der Waals surface area contributed by atoms with Crippen LogP contribution in [0.2, 0.25) is 0 Å². The molecular formula is C12H20N2O2. The Morgan fingerprint density at radius 1 is 1.31 bits per heavy atom. The van der Waals surface area contributed by atoms with Gasteiger partial charge in [-0.05, 0) is 32.6 Å². The summed E-state index contributed by atoms with van der Waals surface area (Å²) in [5.74, 6) is 1.47. The Hall–Kier alpha value is -1.42. The summed E-state index contributed by atoms with van der Waals surface area (Å²) >= 11 is 0. The molecule has 0 amide bonds. The number of nitrogens with two attached hydrogens (primary N) is 1. The third kappa shape index (κ3) is 3.98. The Kier molecular flexibility index (Phi) is 4.92. The maximum Gasteiger partial charge on any atom is 0.142 e. The fraction of sp³-hybridized carbons (Fsp3) is 0.500. The predicted octanol–water partition coefficient (Wildman–Crippen LogP) is 1.61. The number of rotatable bonds is 6. The van der Waals surface area contributed by atoms with Crippen molar-refractivity contribution in [2.45, 2.75) is 6.42 Å². The second-order valence-electron chi connectivity index (χ2n) is 3.91. The molecule has 0 aliphatic heterocycles. The molecule has 0 fully saturated rings. The molecule has 4 nitrogen and oxygen atoms in total. The maximum absolute atomic E-state index is 5.77. The molecule has 2 N–H and O–H groups in total. The van der Waals surface area contributed by atoms with E-state index in [0.29, 0.717) is 18.0 Å². The van der Waals surface area contributed by atoms with Gasteiger partial charge in [-0.2, -0.15) is 0 Å². The van der Waals surface area contributed by atoms with Gasteiger partial charge in [0.2, 0.25) is 0 Å². The standard InChI is InChI=1S/C12H20N2O2/c1-14(2)7-4-8-16-10-5-6-12(15-3)11(13)9-10/h5-6,9H,4,7-8,13H2,1-3H3. The third-order valence-electron chi connectivity index (χ3n) is 2.22. The average molecular weight is 224 g/mol. The number of hydrogen-bond donors (Lipinski definition) is 1. The molecule has 0 saturated heterocycles. The van der Waals surface area contributed by atoms with Gasteiger partial charge in [0.25, 0.3) is 0 Å². The molecule has 90 valence electrons. The third-order valence-corrected chi connectivity index (χ3v) is 2.22. The van der Waals surface area contributed by atoms with Gasteiger partial charge in [0.1, 0.15) is 11.5 Å². The van der Waals surface area contributed by atoms with E-state index in [0.717, 1.165) is 18.7 Å². The number of anilines is 1. The summed E-state index contributed by atoms with van der Waals surface area (Å²) < 4.78 is 10.6. The predicted molar refractivity (Wildman–Crippen MR) is 66.1 cm³/mol. The zero-order valence-electron chi connectivity index (χ0n) is 10.2. The van der Waals surface area contributed by atoms with E-state index in [1.165, 1.54) is 0 Å². The zero-order chi connectivity index (χ0) is 12.0. The topological polar surface area (TPSA) is 47.7 Å². The lowest BCUT2D eigenvalue weighted by Crippen LogP contribution is -2.15. The first-order chi connectivity index (χ1) is 7.63. The van der Waals surface area contributed by atoms with E-state index in [1.54, 1.807) is 13.2 Å². The maximum atomic E-state index is 5.77. The van der Waals surface area contributed by atoms with Gasteiger partial charge in [-0.15, -0.1) is 0 Å². The van der Waals surface area contributed by atoms with Crippen LogP contribution in [0.15, 0.2) is 18.2 Å². The molecular weight excluding hydrogens is 204 g/mol. The van der Waals surface area contributed by atoms with Crippen molar-refractivity contribution in [3.8, 4) is 11.5 Å². The highest BCUT2D eigenvalue weighted by Gasteiger charge is 2.01. The molecule has 0 atom stereocenters. The van der Waals surface area contributed by atoms with E-state index in [2.05, 4.69) is 4.90 Å². The summed E-state index contributed by atoms with van der Waals surface area (Å²) in [6.45, 7) is 1.72. The monoisotopic (exact) mass is 224 g/mol. The molecule has 0 heterocycles. The lowest BCUT2D eigenvalue weighted by Gasteiger charge is -2.11. The van der Waals surface area contributed by atoms with Gasteiger partial charge in [-0.3, -0.25) is 0 Å². The zero-order valence-corrected chi connectivity index (χ0v) is 10.2. The minimum absolute atomic E-state index is 0.604. The molecule has 0 radical (unpaired) electrons. The van der Waals surface area contributed by atoms with E-state index in [9.17, 15) is 0 Å². The van der Waals surface area contributed by atoms with Gasteiger partial charge in [0, 0.05) is 12.6 Å². The average Bonchev–Trinajstić information content (AvgIpc) is 2.24. The minimum atomic E-state index is 0.604. The fourth-order valence-corrected chi connectivity index (χ4v) is 1.37. The van der Waals surface area contributed by atoms with Crippen molar-refractivity contribution in [1.29, 1.82) is 0 Å². The van der Waals surface area contributed by atoms with Crippen LogP contribution in [0.1, 0.15) is 6.42 Å². The van der Waals surface area contributed by atoms with Crippen LogP contribution in [0.5, 0.6) is 11.5 Å². The molecule has 4 heteroatoms. The molecule has 0 bridgehead atoms. The smallest absolute Gasteiger partial charge is 0.142 e. The molecule has 0 saturated carbocycles. The van der Waals surface area contributed by atoms with Crippen molar-refractivity contribution < 1.29 is 9.47 Å². The second kappa shape index (κ2) is 6.23. The summed E-state index contributed by atoms with van der Waals surface area (Å²) in [6, 6.07) is 5.47. The first kappa shape index (κ1) is 12.6. The second-order valence-corrected chi connectivity index (χ2v) is 3.91. The molecule has 0 unspecified atom stereocenters. The summed E-state index contributed by atoms with van der Waals surface area (Å²) in [6.07, 6.45) is 0.999. The number of nitrogens with zero attached hydrogens (tertiary/aromatic N) is 1. The van der Waals surface area contributed by atoms with Crippen molar-refractivity contribution in [3.05, 3.63) is 18.2 Å².